The van der Waals surface area contributed by atoms with Crippen LogP contribution in [0.4, 0.5) is 8.78 Å². The molecule has 0 aromatic heterocycles. The van der Waals surface area contributed by atoms with E-state index in [9.17, 15) is 13.6 Å². The largest absolute Gasteiger partial charge is 0.435 e. The number of amides is 1. The molecule has 0 radical (unpaired) electrons. The lowest BCUT2D eigenvalue weighted by molar-refractivity contribution is -0.129. The molecule has 4 rings (SSSR count). The van der Waals surface area contributed by atoms with Crippen molar-refractivity contribution in [3.63, 3.8) is 0 Å². The van der Waals surface area contributed by atoms with Gasteiger partial charge in [0.1, 0.15) is 5.75 Å². The van der Waals surface area contributed by atoms with E-state index < -0.39 is 12.2 Å². The molecule has 0 unspecified atom stereocenters. The average Bonchev–Trinajstić information content (AvgIpc) is 3.53. The smallest absolute Gasteiger partial charge is 0.387 e. The number of carbonyl (C=O) groups excluding carboxylic acids is 1. The van der Waals surface area contributed by atoms with Crippen LogP contribution in [0.25, 0.3) is 0 Å². The summed E-state index contributed by atoms with van der Waals surface area (Å²) in [5.41, 5.74) is 7.20. The molecule has 1 aliphatic heterocycles. The summed E-state index contributed by atoms with van der Waals surface area (Å²) in [5.74, 6) is 5.87. The predicted octanol–water partition coefficient (Wildman–Crippen LogP) is 3.57. The molecule has 154 valence electrons. The summed E-state index contributed by atoms with van der Waals surface area (Å²) in [4.78, 5) is 19.3. The van der Waals surface area contributed by atoms with E-state index in [0.29, 0.717) is 16.7 Å². The van der Waals surface area contributed by atoms with Crippen molar-refractivity contribution in [2.45, 2.75) is 37.8 Å². The third-order valence-electron chi connectivity index (χ3n) is 5.45. The van der Waals surface area contributed by atoms with Gasteiger partial charge in [0.2, 0.25) is 0 Å². The molecule has 1 atom stereocenters. The number of guanidine groups is 1. The number of carbonyl (C=O) groups is 1. The topological polar surface area (TPSA) is 67.9 Å². The van der Waals surface area contributed by atoms with Crippen molar-refractivity contribution in [2.75, 3.05) is 7.05 Å². The van der Waals surface area contributed by atoms with Crippen molar-refractivity contribution < 1.29 is 18.3 Å². The van der Waals surface area contributed by atoms with Gasteiger partial charge in [-0.05, 0) is 66.6 Å². The molecule has 1 aliphatic carbocycles. The summed E-state index contributed by atoms with van der Waals surface area (Å²) < 4.78 is 30.5. The molecule has 1 saturated carbocycles. The number of hydrogen-bond acceptors (Lipinski definition) is 4. The highest BCUT2D eigenvalue weighted by atomic mass is 19.3. The Morgan fingerprint density at radius 1 is 1.23 bits per heavy atom. The van der Waals surface area contributed by atoms with Gasteiger partial charge in [-0.3, -0.25) is 9.69 Å². The molecule has 2 N–H and O–H groups in total. The molecule has 5 nitrogen and oxygen atoms in total. The minimum Gasteiger partial charge on any atom is -0.435 e. The number of hydrogen-bond donors (Lipinski definition) is 1. The van der Waals surface area contributed by atoms with E-state index in [1.54, 1.807) is 32.2 Å². The van der Waals surface area contributed by atoms with Crippen LogP contribution in [0.3, 0.4) is 0 Å². The van der Waals surface area contributed by atoms with Crippen molar-refractivity contribution >= 4 is 11.9 Å². The lowest BCUT2D eigenvalue weighted by Gasteiger charge is -2.27. The quantitative estimate of drug-likeness (QED) is 0.768. The van der Waals surface area contributed by atoms with Crippen LogP contribution in [-0.4, -0.2) is 30.4 Å². The zero-order valence-electron chi connectivity index (χ0n) is 16.7. The fourth-order valence-corrected chi connectivity index (χ4v) is 3.84. The minimum absolute atomic E-state index is 0.0906. The van der Waals surface area contributed by atoms with Gasteiger partial charge in [-0.25, -0.2) is 4.99 Å². The van der Waals surface area contributed by atoms with Crippen molar-refractivity contribution in [1.82, 2.24) is 4.90 Å². The van der Waals surface area contributed by atoms with Gasteiger partial charge >= 0.3 is 6.61 Å². The van der Waals surface area contributed by atoms with Crippen molar-refractivity contribution in [1.29, 1.82) is 0 Å². The summed E-state index contributed by atoms with van der Waals surface area (Å²) in [6.07, 6.45) is 1.77. The van der Waals surface area contributed by atoms with E-state index in [1.807, 2.05) is 18.2 Å². The molecule has 1 fully saturated rings. The minimum atomic E-state index is -2.92. The molecular formula is C23H21F2N3O2. The van der Waals surface area contributed by atoms with Crippen LogP contribution >= 0.6 is 0 Å². The van der Waals surface area contributed by atoms with Crippen LogP contribution in [0, 0.1) is 11.8 Å². The van der Waals surface area contributed by atoms with Gasteiger partial charge in [-0.2, -0.15) is 8.78 Å². The van der Waals surface area contributed by atoms with E-state index in [2.05, 4.69) is 16.8 Å². The third kappa shape index (κ3) is 3.28. The number of likely N-dealkylation sites (N-methyl/N-ethyl adjacent to an activating group) is 1. The molecular weight excluding hydrogens is 388 g/mol. The van der Waals surface area contributed by atoms with Gasteiger partial charge < -0.3 is 10.5 Å². The molecule has 1 heterocycles. The highest BCUT2D eigenvalue weighted by Crippen LogP contribution is 2.48. The van der Waals surface area contributed by atoms with Crippen molar-refractivity contribution in [3.8, 4) is 17.6 Å². The Morgan fingerprint density at radius 2 is 1.97 bits per heavy atom. The summed E-state index contributed by atoms with van der Waals surface area (Å²) in [7, 11) is 1.56. The summed E-state index contributed by atoms with van der Waals surface area (Å²) in [6, 6.07) is 12.1. The first-order valence-electron chi connectivity index (χ1n) is 9.63. The Hall–Kier alpha value is -3.40. The first-order valence-corrected chi connectivity index (χ1v) is 9.63. The summed E-state index contributed by atoms with van der Waals surface area (Å²) in [6.45, 7) is -1.18. The molecule has 1 amide bonds. The molecule has 2 aromatic carbocycles. The van der Waals surface area contributed by atoms with Crippen LogP contribution in [-0.2, 0) is 10.3 Å². The van der Waals surface area contributed by atoms with Crippen LogP contribution in [0.1, 0.15) is 47.9 Å². The predicted molar refractivity (Wildman–Crippen MR) is 109 cm³/mol. The monoisotopic (exact) mass is 409 g/mol. The maximum Gasteiger partial charge on any atom is 0.387 e. The number of benzene rings is 2. The van der Waals surface area contributed by atoms with Crippen molar-refractivity contribution in [3.05, 3.63) is 64.7 Å². The standard InChI is InChI=1S/C23H21F2N3O2/c1-3-5-14-6-4-7-16(12-14)23(20(29)28(2)22(26)27-23)17-10-11-19(30-21(24)25)18(13-17)15-8-9-15/h4,6-7,10-13,15,21H,8-9H2,1-2H3,(H2,26,27)/t23-/m1/s1. The van der Waals surface area contributed by atoms with E-state index >= 15 is 0 Å². The first kappa shape index (κ1) is 19.9. The van der Waals surface area contributed by atoms with Gasteiger partial charge in [0.25, 0.3) is 5.91 Å². The normalized spacial score (nSPS) is 20.8. The third-order valence-corrected chi connectivity index (χ3v) is 5.45. The Balaban J connectivity index is 1.92. The van der Waals surface area contributed by atoms with Crippen LogP contribution in [0.15, 0.2) is 47.5 Å². The Kier molecular flexibility index (Phi) is 4.94. The first-order chi connectivity index (χ1) is 14.4. The number of nitrogens with zero attached hydrogens (tertiary/aromatic N) is 2. The Morgan fingerprint density at radius 3 is 2.57 bits per heavy atom. The Labute approximate surface area is 173 Å². The number of rotatable bonds is 5. The molecule has 7 heteroatoms. The zero-order chi connectivity index (χ0) is 21.5. The summed E-state index contributed by atoms with van der Waals surface area (Å²) in [5, 5.41) is 0. The molecule has 30 heavy (non-hydrogen) atoms. The van der Waals surface area contributed by atoms with Gasteiger partial charge in [0.15, 0.2) is 11.5 Å². The van der Waals surface area contributed by atoms with Crippen LogP contribution in [0.5, 0.6) is 5.75 Å². The summed E-state index contributed by atoms with van der Waals surface area (Å²) >= 11 is 0. The lowest BCUT2D eigenvalue weighted by atomic mass is 9.81. The lowest BCUT2D eigenvalue weighted by Crippen LogP contribution is -2.41. The second-order valence-corrected chi connectivity index (χ2v) is 7.41. The van der Waals surface area contributed by atoms with E-state index in [4.69, 9.17) is 10.5 Å². The SMILES string of the molecule is CC#Cc1cccc([C@]2(c3ccc(OC(F)F)c(C4CC4)c3)N=C(N)N(C)C2=O)c1. The Bertz CT molecular complexity index is 1100. The molecule has 0 spiro atoms. The number of aliphatic imine (C=N–C) groups is 1. The number of ether oxygens (including phenoxy) is 1. The van der Waals surface area contributed by atoms with E-state index in [-0.39, 0.29) is 23.5 Å². The molecule has 0 bridgehead atoms. The van der Waals surface area contributed by atoms with Crippen LogP contribution in [0.2, 0.25) is 0 Å². The maximum absolute atomic E-state index is 13.4. The molecule has 0 saturated heterocycles. The maximum atomic E-state index is 13.4. The highest BCUT2D eigenvalue weighted by Gasteiger charge is 2.50. The molecule has 2 aliphatic rings. The van der Waals surface area contributed by atoms with Crippen LogP contribution < -0.4 is 10.5 Å². The van der Waals surface area contributed by atoms with E-state index in [0.717, 1.165) is 18.4 Å². The average molecular weight is 409 g/mol. The van der Waals surface area contributed by atoms with Crippen molar-refractivity contribution in [2.24, 2.45) is 10.7 Å². The number of alkyl halides is 2. The second-order valence-electron chi connectivity index (χ2n) is 7.41. The van der Waals surface area contributed by atoms with E-state index in [1.165, 1.54) is 11.0 Å². The molecule has 2 aromatic rings. The fraction of sp³-hybridized carbons (Fsp3) is 0.304. The number of halogens is 2. The zero-order valence-corrected chi connectivity index (χ0v) is 16.7. The highest BCUT2D eigenvalue weighted by molar-refractivity contribution is 6.09. The van der Waals surface area contributed by atoms with Gasteiger partial charge in [-0.15, -0.1) is 5.92 Å². The van der Waals surface area contributed by atoms with Gasteiger partial charge in [0.05, 0.1) is 0 Å². The second kappa shape index (κ2) is 7.45. The number of nitrogens with two attached hydrogens (primary N) is 1. The van der Waals surface area contributed by atoms with Gasteiger partial charge in [-0.1, -0.05) is 24.1 Å². The fourth-order valence-electron chi connectivity index (χ4n) is 3.84. The van der Waals surface area contributed by atoms with Gasteiger partial charge in [0, 0.05) is 12.6 Å².